The van der Waals surface area contributed by atoms with Crippen LogP contribution >= 0.6 is 15.9 Å². The van der Waals surface area contributed by atoms with E-state index in [9.17, 15) is 5.11 Å². The van der Waals surface area contributed by atoms with Crippen molar-refractivity contribution in [2.24, 2.45) is 0 Å². The van der Waals surface area contributed by atoms with Crippen molar-refractivity contribution in [2.75, 3.05) is 6.54 Å². The summed E-state index contributed by atoms with van der Waals surface area (Å²) in [5, 5.41) is 16.9. The zero-order chi connectivity index (χ0) is 14.8. The van der Waals surface area contributed by atoms with Gasteiger partial charge >= 0.3 is 0 Å². The first kappa shape index (κ1) is 14.5. The topological polar surface area (TPSA) is 44.3 Å². The van der Waals surface area contributed by atoms with Gasteiger partial charge < -0.3 is 15.7 Å². The third kappa shape index (κ3) is 2.95. The molecule has 2 aliphatic rings. The Bertz CT molecular complexity index is 607. The van der Waals surface area contributed by atoms with Gasteiger partial charge in [0, 0.05) is 13.0 Å². The summed E-state index contributed by atoms with van der Waals surface area (Å²) in [6.07, 6.45) is 4.11. The maximum absolute atomic E-state index is 9.97. The van der Waals surface area contributed by atoms with Crippen molar-refractivity contribution in [3.05, 3.63) is 52.5 Å². The number of alkyl halides is 1. The molecule has 4 heteroatoms. The van der Waals surface area contributed by atoms with Gasteiger partial charge in [0.15, 0.2) is 0 Å². The monoisotopic (exact) mass is 348 g/mol. The molecule has 3 rings (SSSR count). The average molecular weight is 349 g/mol. The largest absolute Gasteiger partial charge is 0.512 e. The summed E-state index contributed by atoms with van der Waals surface area (Å²) < 4.78 is 0. The summed E-state index contributed by atoms with van der Waals surface area (Å²) in [4.78, 5) is 0.119. The molecule has 0 saturated carbocycles. The summed E-state index contributed by atoms with van der Waals surface area (Å²) in [7, 11) is 0. The van der Waals surface area contributed by atoms with E-state index in [-0.39, 0.29) is 4.95 Å². The van der Waals surface area contributed by atoms with Crippen molar-refractivity contribution < 1.29 is 5.11 Å². The van der Waals surface area contributed by atoms with Crippen LogP contribution in [0.5, 0.6) is 0 Å². The van der Waals surface area contributed by atoms with Gasteiger partial charge in [-0.1, -0.05) is 40.2 Å². The SMILES string of the molecule is CC1=C(NCC2=C(O)CCCC2)N[C@H](Br)c2ccccc21. The molecule has 3 nitrogen and oxygen atoms in total. The predicted molar refractivity (Wildman–Crippen MR) is 90.0 cm³/mol. The minimum absolute atomic E-state index is 0.119. The number of halogens is 1. The zero-order valence-corrected chi connectivity index (χ0v) is 13.8. The maximum Gasteiger partial charge on any atom is 0.109 e. The molecule has 1 aliphatic heterocycles. The molecule has 3 N–H and O–H groups in total. The Morgan fingerprint density at radius 2 is 2.05 bits per heavy atom. The second-order valence-corrected chi connectivity index (χ2v) is 6.62. The number of fused-ring (bicyclic) bond motifs is 1. The number of hydrogen-bond donors (Lipinski definition) is 3. The van der Waals surface area contributed by atoms with Crippen LogP contribution in [0, 0.1) is 0 Å². The molecule has 1 heterocycles. The van der Waals surface area contributed by atoms with Gasteiger partial charge in [0.25, 0.3) is 0 Å². The second kappa shape index (κ2) is 6.14. The van der Waals surface area contributed by atoms with Gasteiger partial charge in [-0.05, 0) is 48.5 Å². The molecule has 0 saturated heterocycles. The van der Waals surface area contributed by atoms with Gasteiger partial charge in [-0.15, -0.1) is 0 Å². The van der Waals surface area contributed by atoms with Gasteiger partial charge in [0.05, 0.1) is 5.76 Å². The lowest BCUT2D eigenvalue weighted by molar-refractivity contribution is 0.356. The Hall–Kier alpha value is -1.42. The van der Waals surface area contributed by atoms with Crippen LogP contribution in [-0.4, -0.2) is 11.7 Å². The molecule has 0 radical (unpaired) electrons. The normalized spacial score (nSPS) is 21.9. The number of aliphatic hydroxyl groups excluding tert-OH is 1. The second-order valence-electron chi connectivity index (χ2n) is 5.71. The Morgan fingerprint density at radius 1 is 1.29 bits per heavy atom. The van der Waals surface area contributed by atoms with Crippen LogP contribution in [0.1, 0.15) is 48.7 Å². The number of nitrogens with one attached hydrogen (secondary N) is 2. The standard InChI is InChI=1S/C17H21BrN2O/c1-11-13-7-3-4-8-14(13)16(18)20-17(11)19-10-12-6-2-5-9-15(12)21/h3-4,7-8,16,19-21H,2,5-6,9-10H2,1H3/t16-/m0/s1. The predicted octanol–water partition coefficient (Wildman–Crippen LogP) is 4.35. The molecule has 1 aliphatic carbocycles. The Balaban J connectivity index is 1.80. The Morgan fingerprint density at radius 3 is 2.86 bits per heavy atom. The zero-order valence-electron chi connectivity index (χ0n) is 12.2. The average Bonchev–Trinajstić information content (AvgIpc) is 2.51. The van der Waals surface area contributed by atoms with E-state index in [0.717, 1.165) is 30.7 Å². The minimum Gasteiger partial charge on any atom is -0.512 e. The fourth-order valence-corrected chi connectivity index (χ4v) is 3.66. The van der Waals surface area contributed by atoms with Gasteiger partial charge in [-0.2, -0.15) is 0 Å². The van der Waals surface area contributed by atoms with Gasteiger partial charge in [0.2, 0.25) is 0 Å². The molecule has 0 fully saturated rings. The third-order valence-corrected chi connectivity index (χ3v) is 5.03. The van der Waals surface area contributed by atoms with Crippen LogP contribution in [0.4, 0.5) is 0 Å². The summed E-state index contributed by atoms with van der Waals surface area (Å²) in [5.41, 5.74) is 4.90. The van der Waals surface area contributed by atoms with E-state index in [1.54, 1.807) is 0 Å². The van der Waals surface area contributed by atoms with Gasteiger partial charge in [0.1, 0.15) is 10.8 Å². The van der Waals surface area contributed by atoms with Crippen molar-refractivity contribution >= 4 is 21.5 Å². The first-order valence-corrected chi connectivity index (χ1v) is 8.43. The molecule has 0 amide bonds. The summed E-state index contributed by atoms with van der Waals surface area (Å²) in [6, 6.07) is 8.42. The number of rotatable bonds is 3. The first-order valence-electron chi connectivity index (χ1n) is 7.51. The van der Waals surface area contributed by atoms with E-state index in [1.807, 2.05) is 0 Å². The Kier molecular flexibility index (Phi) is 4.24. The highest BCUT2D eigenvalue weighted by molar-refractivity contribution is 9.09. The van der Waals surface area contributed by atoms with Crippen LogP contribution in [0.3, 0.4) is 0 Å². The summed E-state index contributed by atoms with van der Waals surface area (Å²) in [6.45, 7) is 2.84. The first-order chi connectivity index (χ1) is 10.2. The summed E-state index contributed by atoms with van der Waals surface area (Å²) in [5.74, 6) is 1.63. The van der Waals surface area contributed by atoms with Crippen LogP contribution in [0.15, 0.2) is 41.4 Å². The van der Waals surface area contributed by atoms with Crippen molar-refractivity contribution in [1.29, 1.82) is 0 Å². The van der Waals surface area contributed by atoms with E-state index in [4.69, 9.17) is 0 Å². The molecule has 112 valence electrons. The van der Waals surface area contributed by atoms with E-state index in [1.165, 1.54) is 23.1 Å². The van der Waals surface area contributed by atoms with Crippen molar-refractivity contribution in [1.82, 2.24) is 10.6 Å². The molecule has 0 unspecified atom stereocenters. The molecule has 21 heavy (non-hydrogen) atoms. The number of benzene rings is 1. The van der Waals surface area contributed by atoms with Crippen LogP contribution in [0.2, 0.25) is 0 Å². The van der Waals surface area contributed by atoms with Crippen molar-refractivity contribution in [2.45, 2.75) is 37.6 Å². The quantitative estimate of drug-likeness (QED) is 0.562. The van der Waals surface area contributed by atoms with E-state index >= 15 is 0 Å². The molecule has 1 aromatic rings. The smallest absolute Gasteiger partial charge is 0.109 e. The molecule has 0 spiro atoms. The Labute approximate surface area is 134 Å². The highest BCUT2D eigenvalue weighted by atomic mass is 79.9. The van der Waals surface area contributed by atoms with Crippen molar-refractivity contribution in [3.63, 3.8) is 0 Å². The lowest BCUT2D eigenvalue weighted by Crippen LogP contribution is -2.33. The minimum atomic E-state index is 0.119. The fraction of sp³-hybridized carbons (Fsp3) is 0.412. The molecular formula is C17H21BrN2O. The molecular weight excluding hydrogens is 328 g/mol. The van der Waals surface area contributed by atoms with E-state index < -0.39 is 0 Å². The lowest BCUT2D eigenvalue weighted by Gasteiger charge is -2.29. The van der Waals surface area contributed by atoms with E-state index in [2.05, 4.69) is 57.8 Å². The number of aliphatic hydroxyl groups is 1. The highest BCUT2D eigenvalue weighted by Gasteiger charge is 2.22. The third-order valence-electron chi connectivity index (χ3n) is 4.31. The van der Waals surface area contributed by atoms with Gasteiger partial charge in [-0.25, -0.2) is 0 Å². The van der Waals surface area contributed by atoms with E-state index in [0.29, 0.717) is 12.3 Å². The van der Waals surface area contributed by atoms with Crippen LogP contribution in [-0.2, 0) is 0 Å². The molecule has 0 aromatic heterocycles. The number of hydrogen-bond acceptors (Lipinski definition) is 3. The van der Waals surface area contributed by atoms with Crippen LogP contribution in [0.25, 0.3) is 5.57 Å². The fourth-order valence-electron chi connectivity index (χ4n) is 3.03. The van der Waals surface area contributed by atoms with Gasteiger partial charge in [-0.3, -0.25) is 0 Å². The molecule has 1 atom stereocenters. The lowest BCUT2D eigenvalue weighted by atomic mass is 9.96. The summed E-state index contributed by atoms with van der Waals surface area (Å²) >= 11 is 3.69. The molecule has 1 aromatic carbocycles. The highest BCUT2D eigenvalue weighted by Crippen LogP contribution is 2.34. The van der Waals surface area contributed by atoms with Crippen LogP contribution < -0.4 is 10.6 Å². The molecule has 0 bridgehead atoms. The number of allylic oxidation sites excluding steroid dienone is 2. The van der Waals surface area contributed by atoms with Crippen molar-refractivity contribution in [3.8, 4) is 0 Å². The maximum atomic E-state index is 9.97.